The SMILES string of the molecule is CCCCC1(CCCC)Nc2ccccc2C1=Nc1ccc(C)cc1. The summed E-state index contributed by atoms with van der Waals surface area (Å²) in [7, 11) is 0. The van der Waals surface area contributed by atoms with Crippen LogP contribution in [0.4, 0.5) is 11.4 Å². The molecule has 0 atom stereocenters. The summed E-state index contributed by atoms with van der Waals surface area (Å²) in [6.45, 7) is 6.66. The number of hydrogen-bond acceptors (Lipinski definition) is 2. The van der Waals surface area contributed by atoms with Crippen LogP contribution < -0.4 is 5.32 Å². The van der Waals surface area contributed by atoms with Crippen LogP contribution in [0.2, 0.25) is 0 Å². The van der Waals surface area contributed by atoms with E-state index in [9.17, 15) is 0 Å². The van der Waals surface area contributed by atoms with Crippen molar-refractivity contribution in [2.24, 2.45) is 4.99 Å². The Bertz CT molecular complexity index is 720. The number of hydrogen-bond donors (Lipinski definition) is 1. The highest BCUT2D eigenvalue weighted by molar-refractivity contribution is 6.17. The Morgan fingerprint density at radius 3 is 2.16 bits per heavy atom. The zero-order valence-corrected chi connectivity index (χ0v) is 15.8. The topological polar surface area (TPSA) is 24.4 Å². The summed E-state index contributed by atoms with van der Waals surface area (Å²) in [4.78, 5) is 5.15. The average molecular weight is 335 g/mol. The van der Waals surface area contributed by atoms with E-state index in [2.05, 4.69) is 74.6 Å². The number of nitrogens with zero attached hydrogens (tertiary/aromatic N) is 1. The van der Waals surface area contributed by atoms with Crippen LogP contribution in [0.25, 0.3) is 0 Å². The summed E-state index contributed by atoms with van der Waals surface area (Å²) in [6.07, 6.45) is 7.15. The molecular weight excluding hydrogens is 304 g/mol. The predicted molar refractivity (Wildman–Crippen MR) is 109 cm³/mol. The minimum atomic E-state index is -0.0272. The first-order valence-electron chi connectivity index (χ1n) is 9.72. The first kappa shape index (κ1) is 17.7. The molecule has 3 rings (SSSR count). The second-order valence-electron chi connectivity index (χ2n) is 7.26. The normalized spacial score (nSPS) is 16.7. The predicted octanol–water partition coefficient (Wildman–Crippen LogP) is 6.66. The molecule has 0 unspecified atom stereocenters. The van der Waals surface area contributed by atoms with Crippen molar-refractivity contribution in [1.82, 2.24) is 0 Å². The number of fused-ring (bicyclic) bond motifs is 1. The zero-order valence-electron chi connectivity index (χ0n) is 15.8. The Balaban J connectivity index is 2.07. The zero-order chi connectivity index (χ0) is 17.7. The maximum absolute atomic E-state index is 5.15. The summed E-state index contributed by atoms with van der Waals surface area (Å²) in [5, 5.41) is 3.87. The van der Waals surface area contributed by atoms with E-state index in [0.29, 0.717) is 0 Å². The molecule has 0 fully saturated rings. The maximum atomic E-state index is 5.15. The fourth-order valence-electron chi connectivity index (χ4n) is 3.73. The first-order chi connectivity index (χ1) is 12.2. The second-order valence-corrected chi connectivity index (χ2v) is 7.26. The quantitative estimate of drug-likeness (QED) is 0.601. The Hall–Kier alpha value is -2.09. The standard InChI is InChI=1S/C23H30N2/c1-4-6-16-23(17-7-5-2)22(20-10-8-9-11-21(20)25-23)24-19-14-12-18(3)13-15-19/h8-15,25H,4-7,16-17H2,1-3H3. The summed E-state index contributed by atoms with van der Waals surface area (Å²) < 4.78 is 0. The van der Waals surface area contributed by atoms with Gasteiger partial charge in [0.1, 0.15) is 0 Å². The van der Waals surface area contributed by atoms with E-state index in [1.165, 1.54) is 48.2 Å². The van der Waals surface area contributed by atoms with Gasteiger partial charge in [-0.1, -0.05) is 75.4 Å². The molecule has 2 heteroatoms. The highest BCUT2D eigenvalue weighted by atomic mass is 15.1. The largest absolute Gasteiger partial charge is 0.373 e. The summed E-state index contributed by atoms with van der Waals surface area (Å²) in [5.41, 5.74) is 6.04. The van der Waals surface area contributed by atoms with E-state index in [4.69, 9.17) is 4.99 Å². The van der Waals surface area contributed by atoms with E-state index in [1.54, 1.807) is 0 Å². The molecule has 0 saturated carbocycles. The molecule has 0 spiro atoms. The number of para-hydroxylation sites is 1. The van der Waals surface area contributed by atoms with Crippen molar-refractivity contribution < 1.29 is 0 Å². The van der Waals surface area contributed by atoms with Gasteiger partial charge in [0.2, 0.25) is 0 Å². The smallest absolute Gasteiger partial charge is 0.0803 e. The van der Waals surface area contributed by atoms with Crippen LogP contribution in [0, 0.1) is 6.92 Å². The minimum absolute atomic E-state index is 0.0272. The van der Waals surface area contributed by atoms with E-state index in [0.717, 1.165) is 18.5 Å². The van der Waals surface area contributed by atoms with Crippen LogP contribution in [0.3, 0.4) is 0 Å². The Kier molecular flexibility index (Phi) is 5.57. The number of aryl methyl sites for hydroxylation is 1. The first-order valence-corrected chi connectivity index (χ1v) is 9.72. The van der Waals surface area contributed by atoms with Crippen molar-refractivity contribution in [2.75, 3.05) is 5.32 Å². The molecule has 132 valence electrons. The lowest BCUT2D eigenvalue weighted by molar-refractivity contribution is 0.484. The molecule has 1 aliphatic rings. The maximum Gasteiger partial charge on any atom is 0.0803 e. The van der Waals surface area contributed by atoms with Gasteiger partial charge in [0.05, 0.1) is 16.9 Å². The number of rotatable bonds is 7. The van der Waals surface area contributed by atoms with E-state index < -0.39 is 0 Å². The molecule has 0 aliphatic carbocycles. The molecule has 2 aromatic carbocycles. The molecule has 1 heterocycles. The van der Waals surface area contributed by atoms with E-state index in [1.807, 2.05) is 0 Å². The minimum Gasteiger partial charge on any atom is -0.373 e. The molecular formula is C23H30N2. The van der Waals surface area contributed by atoms with Gasteiger partial charge in [0, 0.05) is 11.3 Å². The lowest BCUT2D eigenvalue weighted by atomic mass is 9.82. The van der Waals surface area contributed by atoms with Gasteiger partial charge >= 0.3 is 0 Å². The van der Waals surface area contributed by atoms with Crippen molar-refractivity contribution in [2.45, 2.75) is 64.8 Å². The molecule has 2 nitrogen and oxygen atoms in total. The van der Waals surface area contributed by atoms with Crippen molar-refractivity contribution in [3.8, 4) is 0 Å². The third-order valence-electron chi connectivity index (χ3n) is 5.20. The van der Waals surface area contributed by atoms with Crippen LogP contribution in [0.1, 0.15) is 63.5 Å². The van der Waals surface area contributed by atoms with E-state index in [-0.39, 0.29) is 5.54 Å². The lowest BCUT2D eigenvalue weighted by Crippen LogP contribution is -2.42. The van der Waals surface area contributed by atoms with Gasteiger partial charge in [-0.15, -0.1) is 0 Å². The molecule has 25 heavy (non-hydrogen) atoms. The number of unbranched alkanes of at least 4 members (excludes halogenated alkanes) is 2. The van der Waals surface area contributed by atoms with Crippen LogP contribution in [-0.2, 0) is 0 Å². The fourth-order valence-corrected chi connectivity index (χ4v) is 3.73. The third kappa shape index (κ3) is 3.78. The van der Waals surface area contributed by atoms with Crippen molar-refractivity contribution in [1.29, 1.82) is 0 Å². The Morgan fingerprint density at radius 2 is 1.52 bits per heavy atom. The highest BCUT2D eigenvalue weighted by Crippen LogP contribution is 2.40. The van der Waals surface area contributed by atoms with Gasteiger partial charge in [-0.25, -0.2) is 0 Å². The van der Waals surface area contributed by atoms with Crippen LogP contribution >= 0.6 is 0 Å². The van der Waals surface area contributed by atoms with E-state index >= 15 is 0 Å². The summed E-state index contributed by atoms with van der Waals surface area (Å²) in [6, 6.07) is 17.2. The third-order valence-corrected chi connectivity index (χ3v) is 5.20. The molecule has 0 amide bonds. The monoisotopic (exact) mass is 334 g/mol. The van der Waals surface area contributed by atoms with Gasteiger partial charge in [0.25, 0.3) is 0 Å². The number of benzene rings is 2. The Morgan fingerprint density at radius 1 is 0.880 bits per heavy atom. The molecule has 0 saturated heterocycles. The summed E-state index contributed by atoms with van der Waals surface area (Å²) >= 11 is 0. The molecule has 0 bridgehead atoms. The lowest BCUT2D eigenvalue weighted by Gasteiger charge is -2.31. The molecule has 0 radical (unpaired) electrons. The van der Waals surface area contributed by atoms with Crippen molar-refractivity contribution in [3.63, 3.8) is 0 Å². The van der Waals surface area contributed by atoms with Gasteiger partial charge in [0.15, 0.2) is 0 Å². The van der Waals surface area contributed by atoms with Crippen molar-refractivity contribution in [3.05, 3.63) is 59.7 Å². The number of nitrogens with one attached hydrogen (secondary N) is 1. The van der Waals surface area contributed by atoms with Gasteiger partial charge < -0.3 is 5.32 Å². The average Bonchev–Trinajstić information content (AvgIpc) is 2.94. The molecule has 2 aromatic rings. The second kappa shape index (κ2) is 7.86. The number of anilines is 1. The summed E-state index contributed by atoms with van der Waals surface area (Å²) in [5.74, 6) is 0. The van der Waals surface area contributed by atoms with Gasteiger partial charge in [-0.3, -0.25) is 4.99 Å². The van der Waals surface area contributed by atoms with Crippen molar-refractivity contribution >= 4 is 17.1 Å². The van der Waals surface area contributed by atoms with Gasteiger partial charge in [-0.2, -0.15) is 0 Å². The van der Waals surface area contributed by atoms with Gasteiger partial charge in [-0.05, 0) is 38.0 Å². The molecule has 1 N–H and O–H groups in total. The molecule has 1 aliphatic heterocycles. The molecule has 0 aromatic heterocycles. The van der Waals surface area contributed by atoms with Crippen LogP contribution in [-0.4, -0.2) is 11.3 Å². The van der Waals surface area contributed by atoms with Crippen LogP contribution in [0.15, 0.2) is 53.5 Å². The highest BCUT2D eigenvalue weighted by Gasteiger charge is 2.41. The number of aliphatic imine (C=N–C) groups is 1. The Labute approximate surface area is 152 Å². The van der Waals surface area contributed by atoms with Crippen LogP contribution in [0.5, 0.6) is 0 Å². The fraction of sp³-hybridized carbons (Fsp3) is 0.435.